The number of ether oxygens (including phenoxy) is 1. The molecule has 42 heavy (non-hydrogen) atoms. The van der Waals surface area contributed by atoms with Gasteiger partial charge in [-0.2, -0.15) is 5.26 Å². The molecule has 0 saturated carbocycles. The van der Waals surface area contributed by atoms with Crippen LogP contribution in [-0.4, -0.2) is 56.9 Å². The van der Waals surface area contributed by atoms with Crippen molar-refractivity contribution in [2.45, 2.75) is 70.8 Å². The van der Waals surface area contributed by atoms with Crippen LogP contribution < -0.4 is 0 Å². The summed E-state index contributed by atoms with van der Waals surface area (Å²) < 4.78 is 12.6. The van der Waals surface area contributed by atoms with Gasteiger partial charge in [-0.15, -0.1) is 10.3 Å². The largest absolute Gasteiger partial charge is 0.444 e. The number of aromatic nitrogens is 2. The van der Waals surface area contributed by atoms with Crippen LogP contribution >= 0.6 is 21.9 Å². The number of hydrogen-bond donors (Lipinski definition) is 0. The zero-order valence-electron chi connectivity index (χ0n) is 26.0. The number of carbonyl (C=O) groups is 1. The van der Waals surface area contributed by atoms with Gasteiger partial charge in [0.2, 0.25) is 0 Å². The maximum Gasteiger partial charge on any atom is 0.410 e. The van der Waals surface area contributed by atoms with Crippen LogP contribution in [0.15, 0.2) is 61.1 Å². The fourth-order valence-corrected chi connectivity index (χ4v) is 5.11. The Balaban J connectivity index is 1.81. The van der Waals surface area contributed by atoms with Gasteiger partial charge in [0.15, 0.2) is 0 Å². The Morgan fingerprint density at radius 2 is 1.67 bits per heavy atom. The summed E-state index contributed by atoms with van der Waals surface area (Å²) in [6.07, 6.45) is 9.90. The lowest BCUT2D eigenvalue weighted by Gasteiger charge is -2.46. The van der Waals surface area contributed by atoms with Crippen LogP contribution in [0.25, 0.3) is 0 Å². The van der Waals surface area contributed by atoms with E-state index in [0.717, 1.165) is 22.3 Å². The standard InChI is InChI=1S/C33H43ClN4O3S/c1-32(2,3)40-31(39)38(23-29(28-13-14-30(34)37-22-28)41-42(7,8)33(4,5)6)16-15-24-9-11-25(12-10-24)17-26-18-27(19-35)21-36-20-26/h9-14,18,20-22,29H,15-17,23H2,1-8H3. The van der Waals surface area contributed by atoms with E-state index in [4.69, 9.17) is 25.8 Å². The van der Waals surface area contributed by atoms with Crippen molar-refractivity contribution in [3.63, 3.8) is 0 Å². The summed E-state index contributed by atoms with van der Waals surface area (Å²) in [6, 6.07) is 16.0. The first-order valence-electron chi connectivity index (χ1n) is 14.0. The Morgan fingerprint density at radius 3 is 2.24 bits per heavy atom. The first-order valence-corrected chi connectivity index (χ1v) is 16.7. The van der Waals surface area contributed by atoms with E-state index in [1.54, 1.807) is 29.6 Å². The molecule has 1 unspecified atom stereocenters. The number of benzene rings is 1. The van der Waals surface area contributed by atoms with Gasteiger partial charge in [0.25, 0.3) is 0 Å². The van der Waals surface area contributed by atoms with Crippen LogP contribution in [0, 0.1) is 11.3 Å². The molecule has 2 heterocycles. The summed E-state index contributed by atoms with van der Waals surface area (Å²) in [5.41, 5.74) is 3.98. The number of carbonyl (C=O) groups excluding carboxylic acids is 1. The number of nitriles is 1. The molecule has 0 fully saturated rings. The van der Waals surface area contributed by atoms with Crippen molar-refractivity contribution in [3.05, 3.63) is 94.0 Å². The molecule has 226 valence electrons. The topological polar surface area (TPSA) is 88.3 Å². The second-order valence-corrected chi connectivity index (χ2v) is 17.0. The predicted molar refractivity (Wildman–Crippen MR) is 172 cm³/mol. The normalized spacial score (nSPS) is 13.2. The van der Waals surface area contributed by atoms with Gasteiger partial charge in [-0.1, -0.05) is 62.7 Å². The van der Waals surface area contributed by atoms with Gasteiger partial charge >= 0.3 is 6.09 Å². The van der Waals surface area contributed by atoms with E-state index in [9.17, 15) is 4.79 Å². The molecule has 0 bridgehead atoms. The van der Waals surface area contributed by atoms with Gasteiger partial charge in [0.1, 0.15) is 22.9 Å². The quantitative estimate of drug-likeness (QED) is 0.217. The lowest BCUT2D eigenvalue weighted by Crippen LogP contribution is -2.41. The Hall–Kier alpha value is -3.12. The van der Waals surface area contributed by atoms with Crippen LogP contribution in [0.1, 0.15) is 75.5 Å². The molecule has 0 radical (unpaired) electrons. The predicted octanol–water partition coefficient (Wildman–Crippen LogP) is 7.91. The molecule has 2 aromatic heterocycles. The van der Waals surface area contributed by atoms with Crippen molar-refractivity contribution in [1.29, 1.82) is 5.26 Å². The zero-order valence-corrected chi connectivity index (χ0v) is 27.6. The van der Waals surface area contributed by atoms with Crippen molar-refractivity contribution in [2.75, 3.05) is 25.6 Å². The van der Waals surface area contributed by atoms with E-state index in [0.29, 0.717) is 36.6 Å². The summed E-state index contributed by atoms with van der Waals surface area (Å²) in [7, 11) is -1.53. The number of halogens is 1. The second kappa shape index (κ2) is 13.9. The molecule has 3 aromatic rings. The van der Waals surface area contributed by atoms with Gasteiger partial charge in [0, 0.05) is 35.4 Å². The highest BCUT2D eigenvalue weighted by Crippen LogP contribution is 2.56. The zero-order chi connectivity index (χ0) is 31.1. The minimum Gasteiger partial charge on any atom is -0.444 e. The maximum atomic E-state index is 13.5. The molecule has 0 saturated heterocycles. The van der Waals surface area contributed by atoms with Crippen LogP contribution in [0.2, 0.25) is 5.15 Å². The monoisotopic (exact) mass is 610 g/mol. The fourth-order valence-electron chi connectivity index (χ4n) is 3.96. The Kier molecular flexibility index (Phi) is 11.0. The third-order valence-electron chi connectivity index (χ3n) is 7.02. The molecule has 0 N–H and O–H groups in total. The highest BCUT2D eigenvalue weighted by atomic mass is 35.5. The Bertz CT molecular complexity index is 1370. The molecule has 9 heteroatoms. The molecule has 0 aliphatic rings. The summed E-state index contributed by atoms with van der Waals surface area (Å²) in [4.78, 5) is 23.6. The average Bonchev–Trinajstić information content (AvgIpc) is 2.90. The van der Waals surface area contributed by atoms with Gasteiger partial charge in [-0.05, 0) is 74.9 Å². The lowest BCUT2D eigenvalue weighted by molar-refractivity contribution is 0.0178. The lowest BCUT2D eigenvalue weighted by atomic mass is 10.0. The van der Waals surface area contributed by atoms with E-state index in [1.807, 2.05) is 32.9 Å². The third kappa shape index (κ3) is 10.0. The summed E-state index contributed by atoms with van der Waals surface area (Å²) in [5, 5.41) is 9.55. The number of rotatable bonds is 10. The van der Waals surface area contributed by atoms with Gasteiger partial charge in [-0.3, -0.25) is 4.98 Å². The van der Waals surface area contributed by atoms with Crippen molar-refractivity contribution in [2.24, 2.45) is 0 Å². The van der Waals surface area contributed by atoms with E-state index in [1.165, 1.54) is 0 Å². The van der Waals surface area contributed by atoms with Gasteiger partial charge < -0.3 is 13.8 Å². The number of hydrogen-bond acceptors (Lipinski definition) is 6. The van der Waals surface area contributed by atoms with Gasteiger partial charge in [-0.25, -0.2) is 9.78 Å². The van der Waals surface area contributed by atoms with Crippen LogP contribution in [0.3, 0.4) is 0 Å². The van der Waals surface area contributed by atoms with Crippen LogP contribution in [0.5, 0.6) is 0 Å². The molecule has 0 aliphatic heterocycles. The van der Waals surface area contributed by atoms with Crippen molar-refractivity contribution in [3.8, 4) is 6.07 Å². The number of amides is 1. The molecular formula is C33H43ClN4O3S. The summed E-state index contributed by atoms with van der Waals surface area (Å²) >= 11 is 6.09. The van der Waals surface area contributed by atoms with E-state index >= 15 is 0 Å². The minimum absolute atomic E-state index is 0.0738. The van der Waals surface area contributed by atoms with E-state index < -0.39 is 22.0 Å². The highest BCUT2D eigenvalue weighted by Gasteiger charge is 2.34. The second-order valence-electron chi connectivity index (χ2n) is 12.7. The minimum atomic E-state index is -1.53. The Labute approximate surface area is 257 Å². The fraction of sp³-hybridized carbons (Fsp3) is 0.455. The Morgan fingerprint density at radius 1 is 1.00 bits per heavy atom. The smallest absolute Gasteiger partial charge is 0.410 e. The molecule has 1 amide bonds. The molecular weight excluding hydrogens is 568 g/mol. The molecule has 1 aromatic carbocycles. The molecule has 0 spiro atoms. The first kappa shape index (κ1) is 33.4. The summed E-state index contributed by atoms with van der Waals surface area (Å²) in [6.45, 7) is 12.9. The van der Waals surface area contributed by atoms with Crippen molar-refractivity contribution in [1.82, 2.24) is 14.9 Å². The molecule has 1 atom stereocenters. The van der Waals surface area contributed by atoms with Crippen LogP contribution in [-0.2, 0) is 21.8 Å². The van der Waals surface area contributed by atoms with Crippen molar-refractivity contribution < 1.29 is 13.7 Å². The number of pyridine rings is 2. The van der Waals surface area contributed by atoms with Crippen molar-refractivity contribution >= 4 is 28.0 Å². The summed E-state index contributed by atoms with van der Waals surface area (Å²) in [5.74, 6) is 0. The molecule has 7 nitrogen and oxygen atoms in total. The average molecular weight is 611 g/mol. The van der Waals surface area contributed by atoms with E-state index in [2.05, 4.69) is 73.6 Å². The third-order valence-corrected chi connectivity index (χ3v) is 10.9. The van der Waals surface area contributed by atoms with E-state index in [-0.39, 0.29) is 10.8 Å². The molecule has 3 rings (SSSR count). The SMILES string of the molecule is CC(C)(C)OC(=O)N(CCc1ccc(Cc2cncc(C#N)c2)cc1)CC(OS(C)(C)C(C)(C)C)c1ccc(Cl)nc1. The van der Waals surface area contributed by atoms with Crippen LogP contribution in [0.4, 0.5) is 4.79 Å². The molecule has 0 aliphatic carbocycles. The first-order chi connectivity index (χ1) is 19.6. The van der Waals surface area contributed by atoms with Gasteiger partial charge in [0.05, 0.1) is 12.1 Å². The maximum absolute atomic E-state index is 13.5. The number of nitrogens with zero attached hydrogens (tertiary/aromatic N) is 4. The highest BCUT2D eigenvalue weighted by molar-refractivity contribution is 8.29.